The Morgan fingerprint density at radius 2 is 2.12 bits per heavy atom. The van der Waals surface area contributed by atoms with Gasteiger partial charge in [-0.2, -0.15) is 0 Å². The van der Waals surface area contributed by atoms with Crippen molar-refractivity contribution in [2.45, 2.75) is 13.8 Å². The van der Waals surface area contributed by atoms with Crippen LogP contribution in [0, 0.1) is 0 Å². The summed E-state index contributed by atoms with van der Waals surface area (Å²) in [5.74, 6) is 0.0681. The quantitative estimate of drug-likeness (QED) is 0.403. The number of ether oxygens (including phenoxy) is 1. The maximum Gasteiger partial charge on any atom is 0.307 e. The summed E-state index contributed by atoms with van der Waals surface area (Å²) in [7, 11) is 0. The summed E-state index contributed by atoms with van der Waals surface area (Å²) in [6, 6.07) is 0. The van der Waals surface area contributed by atoms with Gasteiger partial charge >= 0.3 is 5.97 Å². The van der Waals surface area contributed by atoms with Crippen molar-refractivity contribution < 1.29 is 9.53 Å². The van der Waals surface area contributed by atoms with Gasteiger partial charge in [0.15, 0.2) is 0 Å². The molecule has 0 atom stereocenters. The lowest BCUT2D eigenvalue weighted by molar-refractivity contribution is -0.136. The molecule has 0 aromatic rings. The van der Waals surface area contributed by atoms with Crippen molar-refractivity contribution in [2.75, 3.05) is 0 Å². The lowest BCUT2D eigenvalue weighted by Gasteiger charge is -1.95. The number of carbonyl (C=O) groups is 1. The minimum atomic E-state index is -0.348. The van der Waals surface area contributed by atoms with Crippen LogP contribution in [0.2, 0.25) is 0 Å². The molecule has 0 heterocycles. The molecule has 0 bridgehead atoms. The van der Waals surface area contributed by atoms with Crippen molar-refractivity contribution >= 4 is 17.6 Å². The van der Waals surface area contributed by atoms with Crippen LogP contribution in [-0.2, 0) is 9.53 Å². The average Bonchev–Trinajstić information content (AvgIpc) is 1.65. The van der Waals surface area contributed by atoms with Gasteiger partial charge in [-0.1, -0.05) is 11.6 Å². The van der Waals surface area contributed by atoms with Gasteiger partial charge in [0.2, 0.25) is 0 Å². The first-order valence-electron chi connectivity index (χ1n) is 2.12. The summed E-state index contributed by atoms with van der Waals surface area (Å²) in [6.07, 6.45) is 0. The molecule has 0 N–H and O–H groups in total. The smallest absolute Gasteiger partial charge is 0.307 e. The number of hydrogen-bond acceptors (Lipinski definition) is 2. The highest BCUT2D eigenvalue weighted by atomic mass is 35.5. The van der Waals surface area contributed by atoms with Crippen LogP contribution >= 0.6 is 11.6 Å². The highest BCUT2D eigenvalue weighted by Gasteiger charge is 1.90. The van der Waals surface area contributed by atoms with E-state index in [4.69, 9.17) is 11.6 Å². The zero-order valence-corrected chi connectivity index (χ0v) is 5.53. The lowest BCUT2D eigenvalue weighted by Crippen LogP contribution is -1.94. The zero-order valence-electron chi connectivity index (χ0n) is 4.77. The molecular weight excluding hydrogens is 128 g/mol. The largest absolute Gasteiger partial charge is 0.431 e. The fourth-order valence-electron chi connectivity index (χ4n) is 0.249. The normalized spacial score (nSPS) is 11.1. The SMILES string of the molecule is CC(=O)O/C(C)=C/Cl. The Kier molecular flexibility index (Phi) is 3.28. The van der Waals surface area contributed by atoms with E-state index in [9.17, 15) is 4.79 Å². The molecule has 0 aliphatic heterocycles. The number of halogens is 1. The van der Waals surface area contributed by atoms with E-state index in [1.54, 1.807) is 6.92 Å². The summed E-state index contributed by atoms with van der Waals surface area (Å²) in [6.45, 7) is 2.93. The summed E-state index contributed by atoms with van der Waals surface area (Å²) in [4.78, 5) is 10.1. The fraction of sp³-hybridized carbons (Fsp3) is 0.400. The van der Waals surface area contributed by atoms with Gasteiger partial charge in [0.25, 0.3) is 0 Å². The minimum absolute atomic E-state index is 0.348. The van der Waals surface area contributed by atoms with Gasteiger partial charge < -0.3 is 4.74 Å². The van der Waals surface area contributed by atoms with Crippen LogP contribution in [0.15, 0.2) is 11.3 Å². The number of hydrogen-bond donors (Lipinski definition) is 0. The molecule has 0 aliphatic rings. The lowest BCUT2D eigenvalue weighted by atomic mass is 10.6. The molecule has 0 saturated heterocycles. The number of rotatable bonds is 1. The average molecular weight is 135 g/mol. The number of esters is 1. The maximum absolute atomic E-state index is 10.1. The monoisotopic (exact) mass is 134 g/mol. The van der Waals surface area contributed by atoms with Gasteiger partial charge in [0, 0.05) is 12.5 Å². The molecule has 0 unspecified atom stereocenters. The van der Waals surface area contributed by atoms with Crippen LogP contribution < -0.4 is 0 Å². The van der Waals surface area contributed by atoms with Crippen molar-refractivity contribution in [1.29, 1.82) is 0 Å². The molecule has 46 valence electrons. The molecule has 0 rings (SSSR count). The van der Waals surface area contributed by atoms with Crippen LogP contribution in [0.25, 0.3) is 0 Å². The van der Waals surface area contributed by atoms with E-state index in [2.05, 4.69) is 4.74 Å². The highest BCUT2D eigenvalue weighted by molar-refractivity contribution is 6.25. The van der Waals surface area contributed by atoms with Crippen LogP contribution in [0.1, 0.15) is 13.8 Å². The Labute approximate surface area is 53.1 Å². The second kappa shape index (κ2) is 3.50. The van der Waals surface area contributed by atoms with Crippen molar-refractivity contribution in [3.05, 3.63) is 11.3 Å². The second-order valence-corrected chi connectivity index (χ2v) is 1.53. The van der Waals surface area contributed by atoms with Crippen LogP contribution in [0.5, 0.6) is 0 Å². The van der Waals surface area contributed by atoms with Gasteiger partial charge in [-0.3, -0.25) is 4.79 Å². The fourth-order valence-corrected chi connectivity index (χ4v) is 0.294. The molecular formula is C5H7ClO2. The molecule has 0 aromatic carbocycles. The predicted molar refractivity (Wildman–Crippen MR) is 31.4 cm³/mol. The third kappa shape index (κ3) is 3.68. The van der Waals surface area contributed by atoms with Gasteiger partial charge in [0.1, 0.15) is 5.76 Å². The first-order valence-corrected chi connectivity index (χ1v) is 2.56. The van der Waals surface area contributed by atoms with E-state index in [0.717, 1.165) is 0 Å². The molecule has 0 fully saturated rings. The molecule has 0 aliphatic carbocycles. The topological polar surface area (TPSA) is 26.3 Å². The Bertz CT molecular complexity index is 118. The Morgan fingerprint density at radius 1 is 1.62 bits per heavy atom. The third-order valence-corrected chi connectivity index (χ3v) is 0.766. The highest BCUT2D eigenvalue weighted by Crippen LogP contribution is 1.96. The van der Waals surface area contributed by atoms with E-state index in [0.29, 0.717) is 5.76 Å². The Hall–Kier alpha value is -0.500. The summed E-state index contributed by atoms with van der Waals surface area (Å²) in [5.41, 5.74) is 1.21. The molecule has 0 amide bonds. The summed E-state index contributed by atoms with van der Waals surface area (Å²) < 4.78 is 4.49. The molecule has 2 nitrogen and oxygen atoms in total. The first kappa shape index (κ1) is 7.50. The van der Waals surface area contributed by atoms with E-state index in [-0.39, 0.29) is 5.97 Å². The van der Waals surface area contributed by atoms with Crippen LogP contribution in [0.3, 0.4) is 0 Å². The predicted octanol–water partition coefficient (Wildman–Crippen LogP) is 1.65. The van der Waals surface area contributed by atoms with E-state index < -0.39 is 0 Å². The minimum Gasteiger partial charge on any atom is -0.431 e. The van der Waals surface area contributed by atoms with Crippen molar-refractivity contribution in [2.24, 2.45) is 0 Å². The van der Waals surface area contributed by atoms with Crippen molar-refractivity contribution in [3.8, 4) is 0 Å². The van der Waals surface area contributed by atoms with Crippen molar-refractivity contribution in [3.63, 3.8) is 0 Å². The van der Waals surface area contributed by atoms with Gasteiger partial charge in [0.05, 0.1) is 0 Å². The van der Waals surface area contributed by atoms with Gasteiger partial charge in [-0.25, -0.2) is 0 Å². The number of allylic oxidation sites excluding steroid dienone is 1. The third-order valence-electron chi connectivity index (χ3n) is 0.458. The molecule has 3 heteroatoms. The summed E-state index contributed by atoms with van der Waals surface area (Å²) >= 11 is 5.16. The van der Waals surface area contributed by atoms with Crippen LogP contribution in [-0.4, -0.2) is 5.97 Å². The Morgan fingerprint density at radius 3 is 2.25 bits per heavy atom. The van der Waals surface area contributed by atoms with Gasteiger partial charge in [-0.15, -0.1) is 0 Å². The summed E-state index contributed by atoms with van der Waals surface area (Å²) in [5, 5.41) is 0. The van der Waals surface area contributed by atoms with Crippen LogP contribution in [0.4, 0.5) is 0 Å². The van der Waals surface area contributed by atoms with E-state index in [1.165, 1.54) is 12.5 Å². The first-order chi connectivity index (χ1) is 3.66. The maximum atomic E-state index is 10.1. The number of carbonyl (C=O) groups excluding carboxylic acids is 1. The van der Waals surface area contributed by atoms with Gasteiger partial charge in [-0.05, 0) is 6.92 Å². The van der Waals surface area contributed by atoms with E-state index in [1.807, 2.05) is 0 Å². The van der Waals surface area contributed by atoms with E-state index >= 15 is 0 Å². The van der Waals surface area contributed by atoms with Crippen molar-refractivity contribution in [1.82, 2.24) is 0 Å². The molecule has 0 aromatic heterocycles. The Balaban J connectivity index is 3.56. The standard InChI is InChI=1S/C5H7ClO2/c1-4(3-6)8-5(2)7/h3H,1-2H3/b4-3+. The zero-order chi connectivity index (χ0) is 6.57. The molecule has 0 radical (unpaired) electrons. The molecule has 0 spiro atoms. The molecule has 8 heavy (non-hydrogen) atoms. The second-order valence-electron chi connectivity index (χ2n) is 1.31. The molecule has 0 saturated carbocycles.